The summed E-state index contributed by atoms with van der Waals surface area (Å²) in [5.41, 5.74) is 2.28. The molecule has 0 aromatic carbocycles. The summed E-state index contributed by atoms with van der Waals surface area (Å²) in [6.45, 7) is 1.68. The number of methoxy groups -OCH3 is 1. The van der Waals surface area contributed by atoms with Crippen molar-refractivity contribution >= 4 is 29.0 Å². The molecule has 92 valence electrons. The molecule has 3 rings (SSSR count). The number of hydrogen-bond donors (Lipinski definition) is 0. The van der Waals surface area contributed by atoms with Crippen LogP contribution in [0.3, 0.4) is 0 Å². The van der Waals surface area contributed by atoms with Crippen LogP contribution in [0, 0.1) is 0 Å². The van der Waals surface area contributed by atoms with Crippen LogP contribution in [0.2, 0.25) is 0 Å². The number of thiazole rings is 1. The number of carbonyl (C=O) groups excluding carboxylic acids is 1. The van der Waals surface area contributed by atoms with E-state index in [9.17, 15) is 4.79 Å². The van der Waals surface area contributed by atoms with Crippen LogP contribution in [0.1, 0.15) is 16.9 Å². The van der Waals surface area contributed by atoms with Gasteiger partial charge in [0, 0.05) is 31.3 Å². The highest BCUT2D eigenvalue weighted by atomic mass is 32.2. The van der Waals surface area contributed by atoms with Gasteiger partial charge in [0.1, 0.15) is 5.69 Å². The molecule has 1 aromatic heterocycles. The zero-order valence-electron chi connectivity index (χ0n) is 9.59. The summed E-state index contributed by atoms with van der Waals surface area (Å²) in [5, 5.41) is 1.81. The summed E-state index contributed by atoms with van der Waals surface area (Å²) in [6.07, 6.45) is 1.42. The predicted molar refractivity (Wildman–Crippen MR) is 68.6 cm³/mol. The van der Waals surface area contributed by atoms with Crippen molar-refractivity contribution in [1.82, 2.24) is 9.88 Å². The van der Waals surface area contributed by atoms with E-state index < -0.39 is 0 Å². The maximum atomic E-state index is 12.0. The second-order valence-electron chi connectivity index (χ2n) is 4.59. The molecule has 2 aliphatic heterocycles. The van der Waals surface area contributed by atoms with Crippen LogP contribution in [-0.4, -0.2) is 52.6 Å². The van der Waals surface area contributed by atoms with Gasteiger partial charge in [0.25, 0.3) is 5.91 Å². The molecule has 6 heteroatoms. The van der Waals surface area contributed by atoms with Gasteiger partial charge in [-0.25, -0.2) is 4.98 Å². The number of carbonyl (C=O) groups is 1. The lowest BCUT2D eigenvalue weighted by Crippen LogP contribution is -2.60. The van der Waals surface area contributed by atoms with E-state index in [1.807, 2.05) is 22.0 Å². The Morgan fingerprint density at radius 2 is 2.47 bits per heavy atom. The van der Waals surface area contributed by atoms with Gasteiger partial charge in [-0.15, -0.1) is 23.1 Å². The summed E-state index contributed by atoms with van der Waals surface area (Å²) in [7, 11) is 1.76. The Hall–Kier alpha value is -0.590. The second kappa shape index (κ2) is 4.26. The van der Waals surface area contributed by atoms with Crippen LogP contribution in [-0.2, 0) is 4.74 Å². The fraction of sp³-hybridized carbons (Fsp3) is 0.636. The van der Waals surface area contributed by atoms with Gasteiger partial charge in [-0.3, -0.25) is 4.79 Å². The highest BCUT2D eigenvalue weighted by Crippen LogP contribution is 2.46. The van der Waals surface area contributed by atoms with Crippen molar-refractivity contribution in [2.45, 2.75) is 17.3 Å². The van der Waals surface area contributed by atoms with Crippen LogP contribution in [0.5, 0.6) is 0 Å². The maximum absolute atomic E-state index is 12.0. The lowest BCUT2D eigenvalue weighted by molar-refractivity contribution is 0.0447. The van der Waals surface area contributed by atoms with E-state index in [4.69, 9.17) is 4.74 Å². The first-order chi connectivity index (χ1) is 8.22. The Morgan fingerprint density at radius 3 is 3.06 bits per heavy atom. The van der Waals surface area contributed by atoms with Gasteiger partial charge in [-0.2, -0.15) is 0 Å². The molecule has 0 bridgehead atoms. The highest BCUT2D eigenvalue weighted by Gasteiger charge is 2.50. The molecule has 3 heterocycles. The minimum absolute atomic E-state index is 0.0679. The standard InChI is InChI=1S/C11H14N2O2S2/c1-15-8-2-11(17-3-8)5-13(6-11)10(14)9-4-16-7-12-9/h4,7-8H,2-3,5-6H2,1H3. The Kier molecular flexibility index (Phi) is 2.88. The van der Waals surface area contributed by atoms with Gasteiger partial charge in [0.2, 0.25) is 0 Å². The van der Waals surface area contributed by atoms with Crippen LogP contribution >= 0.6 is 23.1 Å². The van der Waals surface area contributed by atoms with E-state index in [1.165, 1.54) is 11.3 Å². The van der Waals surface area contributed by atoms with Gasteiger partial charge < -0.3 is 9.64 Å². The van der Waals surface area contributed by atoms with E-state index in [0.717, 1.165) is 25.3 Å². The lowest BCUT2D eigenvalue weighted by atomic mass is 9.92. The third-order valence-corrected chi connectivity index (χ3v) is 5.57. The first-order valence-corrected chi connectivity index (χ1v) is 7.49. The van der Waals surface area contributed by atoms with E-state index in [1.54, 1.807) is 12.6 Å². The van der Waals surface area contributed by atoms with E-state index in [2.05, 4.69) is 4.98 Å². The van der Waals surface area contributed by atoms with E-state index >= 15 is 0 Å². The first-order valence-electron chi connectivity index (χ1n) is 5.57. The number of amides is 1. The minimum atomic E-state index is 0.0679. The van der Waals surface area contributed by atoms with E-state index in [0.29, 0.717) is 11.8 Å². The number of likely N-dealkylation sites (tertiary alicyclic amines) is 1. The molecule has 2 aliphatic rings. The number of thioether (sulfide) groups is 1. The number of ether oxygens (including phenoxy) is 1. The second-order valence-corrected chi connectivity index (χ2v) is 6.80. The molecule has 1 aromatic rings. The highest BCUT2D eigenvalue weighted by molar-refractivity contribution is 8.01. The monoisotopic (exact) mass is 270 g/mol. The minimum Gasteiger partial charge on any atom is -0.381 e. The molecule has 1 atom stereocenters. The average Bonchev–Trinajstić information content (AvgIpc) is 2.95. The van der Waals surface area contributed by atoms with Crippen LogP contribution < -0.4 is 0 Å². The summed E-state index contributed by atoms with van der Waals surface area (Å²) in [4.78, 5) is 18.0. The smallest absolute Gasteiger partial charge is 0.273 e. The van der Waals surface area contributed by atoms with E-state index in [-0.39, 0.29) is 10.7 Å². The Balaban J connectivity index is 1.60. The molecule has 0 saturated carbocycles. The number of rotatable bonds is 2. The fourth-order valence-electron chi connectivity index (χ4n) is 2.45. The molecule has 0 N–H and O–H groups in total. The van der Waals surface area contributed by atoms with Gasteiger partial charge in [-0.05, 0) is 6.42 Å². The molecule has 17 heavy (non-hydrogen) atoms. The summed E-state index contributed by atoms with van der Waals surface area (Å²) < 4.78 is 5.63. The number of nitrogens with zero attached hydrogens (tertiary/aromatic N) is 2. The molecule has 1 unspecified atom stereocenters. The van der Waals surface area contributed by atoms with Crippen LogP contribution in [0.25, 0.3) is 0 Å². The SMILES string of the molecule is COC1CSC2(C1)CN(C(=O)c1cscn1)C2. The van der Waals surface area contributed by atoms with Crippen molar-refractivity contribution in [1.29, 1.82) is 0 Å². The number of aromatic nitrogens is 1. The molecule has 1 amide bonds. The van der Waals surface area contributed by atoms with Crippen molar-refractivity contribution in [3.05, 3.63) is 16.6 Å². The normalized spacial score (nSPS) is 26.2. The largest absolute Gasteiger partial charge is 0.381 e. The zero-order chi connectivity index (χ0) is 11.9. The van der Waals surface area contributed by atoms with Gasteiger partial charge in [0.15, 0.2) is 0 Å². The molecule has 0 aliphatic carbocycles. The summed E-state index contributed by atoms with van der Waals surface area (Å²) in [6, 6.07) is 0. The average molecular weight is 270 g/mol. The molecule has 2 saturated heterocycles. The Morgan fingerprint density at radius 1 is 1.65 bits per heavy atom. The predicted octanol–water partition coefficient (Wildman–Crippen LogP) is 1.49. The first kappa shape index (κ1) is 11.5. The molecule has 2 fully saturated rings. The van der Waals surface area contributed by atoms with Crippen molar-refractivity contribution in [3.63, 3.8) is 0 Å². The lowest BCUT2D eigenvalue weighted by Gasteiger charge is -2.47. The van der Waals surface area contributed by atoms with Crippen molar-refractivity contribution < 1.29 is 9.53 Å². The van der Waals surface area contributed by atoms with Gasteiger partial charge in [-0.1, -0.05) is 0 Å². The summed E-state index contributed by atoms with van der Waals surface area (Å²) in [5.74, 6) is 1.12. The van der Waals surface area contributed by atoms with Gasteiger partial charge in [0.05, 0.1) is 16.4 Å². The topological polar surface area (TPSA) is 42.4 Å². The van der Waals surface area contributed by atoms with Crippen LogP contribution in [0.4, 0.5) is 0 Å². The molecule has 1 spiro atoms. The molecular formula is C11H14N2O2S2. The molecule has 4 nitrogen and oxygen atoms in total. The van der Waals surface area contributed by atoms with Crippen molar-refractivity contribution in [2.75, 3.05) is 26.0 Å². The fourth-order valence-corrected chi connectivity index (χ4v) is 4.56. The number of hydrogen-bond acceptors (Lipinski definition) is 5. The zero-order valence-corrected chi connectivity index (χ0v) is 11.2. The summed E-state index contributed by atoms with van der Waals surface area (Å²) >= 11 is 3.41. The van der Waals surface area contributed by atoms with Crippen molar-refractivity contribution in [2.24, 2.45) is 0 Å². The Labute approximate surface area is 108 Å². The molecule has 0 radical (unpaired) electrons. The Bertz CT molecular complexity index is 415. The maximum Gasteiger partial charge on any atom is 0.273 e. The van der Waals surface area contributed by atoms with Gasteiger partial charge >= 0.3 is 0 Å². The third-order valence-electron chi connectivity index (χ3n) is 3.41. The third kappa shape index (κ3) is 1.98. The van der Waals surface area contributed by atoms with Crippen LogP contribution in [0.15, 0.2) is 10.9 Å². The molecular weight excluding hydrogens is 256 g/mol. The van der Waals surface area contributed by atoms with Crippen molar-refractivity contribution in [3.8, 4) is 0 Å². The quantitative estimate of drug-likeness (QED) is 0.816.